The van der Waals surface area contributed by atoms with Crippen LogP contribution in [0, 0.1) is 11.6 Å². The van der Waals surface area contributed by atoms with Gasteiger partial charge in [0.1, 0.15) is 36.7 Å². The number of esters is 1. The van der Waals surface area contributed by atoms with E-state index < -0.39 is 60.7 Å². The molecule has 0 bridgehead atoms. The lowest BCUT2D eigenvalue weighted by Crippen LogP contribution is -2.50. The first-order chi connectivity index (χ1) is 21.4. The molecule has 4 rings (SSSR count). The van der Waals surface area contributed by atoms with Crippen molar-refractivity contribution < 1.29 is 45.8 Å². The summed E-state index contributed by atoms with van der Waals surface area (Å²) in [6.07, 6.45) is -7.03. The largest absolute Gasteiger partial charge is 0.490 e. The molecule has 1 aliphatic rings. The molecular formula is C32H32ClF5N2O5. The molecule has 3 aromatic rings. The maximum atomic E-state index is 13.7. The molecule has 242 valence electrons. The van der Waals surface area contributed by atoms with Gasteiger partial charge in [-0.3, -0.25) is 9.59 Å². The quantitative estimate of drug-likeness (QED) is 0.185. The van der Waals surface area contributed by atoms with Gasteiger partial charge in [0.25, 0.3) is 0 Å². The Kier molecular flexibility index (Phi) is 11.9. The molecule has 45 heavy (non-hydrogen) atoms. The number of rotatable bonds is 13. The Morgan fingerprint density at radius 2 is 1.60 bits per heavy atom. The molecule has 0 radical (unpaired) electrons. The van der Waals surface area contributed by atoms with Crippen LogP contribution in [0.1, 0.15) is 35.4 Å². The maximum absolute atomic E-state index is 13.7. The molecule has 0 amide bonds. The van der Waals surface area contributed by atoms with Gasteiger partial charge in [-0.05, 0) is 47.5 Å². The number of alkyl halides is 3. The van der Waals surface area contributed by atoms with E-state index in [2.05, 4.69) is 5.32 Å². The summed E-state index contributed by atoms with van der Waals surface area (Å²) in [5.74, 6) is -2.58. The summed E-state index contributed by atoms with van der Waals surface area (Å²) in [7, 11) is 0. The topological polar surface area (TPSA) is 99.9 Å². The number of morpholine rings is 1. The van der Waals surface area contributed by atoms with Crippen LogP contribution in [-0.4, -0.2) is 62.5 Å². The van der Waals surface area contributed by atoms with Crippen molar-refractivity contribution in [2.75, 3.05) is 26.4 Å². The van der Waals surface area contributed by atoms with E-state index >= 15 is 0 Å². The van der Waals surface area contributed by atoms with Crippen molar-refractivity contribution in [3.63, 3.8) is 0 Å². The second-order valence-electron chi connectivity index (χ2n) is 10.6. The third kappa shape index (κ3) is 10.2. The fourth-order valence-corrected chi connectivity index (χ4v) is 5.08. The third-order valence-corrected chi connectivity index (χ3v) is 7.62. The second-order valence-corrected chi connectivity index (χ2v) is 11.0. The molecule has 0 saturated carbocycles. The summed E-state index contributed by atoms with van der Waals surface area (Å²) in [4.78, 5) is 25.1. The van der Waals surface area contributed by atoms with Crippen LogP contribution in [0.5, 0.6) is 5.75 Å². The van der Waals surface area contributed by atoms with Crippen molar-refractivity contribution >= 4 is 23.4 Å². The normalized spacial score (nSPS) is 17.6. The van der Waals surface area contributed by atoms with Gasteiger partial charge < -0.3 is 25.3 Å². The van der Waals surface area contributed by atoms with Gasteiger partial charge in [0.15, 0.2) is 5.78 Å². The Bertz CT molecular complexity index is 1390. The average Bonchev–Trinajstić information content (AvgIpc) is 3.01. The molecule has 1 fully saturated rings. The fourth-order valence-electron chi connectivity index (χ4n) is 4.85. The van der Waals surface area contributed by atoms with E-state index in [1.807, 2.05) is 0 Å². The first kappa shape index (κ1) is 34.3. The SMILES string of the molecule is N[C@H](C(=O)Cc1c(Cl)cccc1OC[C@@H]1CN[C@H](COC(=O)CCC(F)(F)F)CO1)C(c1ccc(F)cc1)c1ccc(F)cc1. The molecule has 3 N–H and O–H groups in total. The number of halogens is 6. The lowest BCUT2D eigenvalue weighted by Gasteiger charge is -2.30. The zero-order chi connectivity index (χ0) is 32.6. The number of nitrogens with two attached hydrogens (primary N) is 1. The van der Waals surface area contributed by atoms with Crippen molar-refractivity contribution in [2.45, 2.75) is 49.5 Å². The zero-order valence-corrected chi connectivity index (χ0v) is 24.8. The maximum Gasteiger partial charge on any atom is 0.389 e. The highest BCUT2D eigenvalue weighted by molar-refractivity contribution is 6.31. The predicted molar refractivity (Wildman–Crippen MR) is 156 cm³/mol. The highest BCUT2D eigenvalue weighted by Crippen LogP contribution is 2.32. The molecule has 0 aromatic heterocycles. The van der Waals surface area contributed by atoms with Crippen LogP contribution in [0.15, 0.2) is 66.7 Å². The van der Waals surface area contributed by atoms with Crippen molar-refractivity contribution in [3.8, 4) is 5.75 Å². The number of hydrogen-bond donors (Lipinski definition) is 2. The van der Waals surface area contributed by atoms with Crippen molar-refractivity contribution in [3.05, 3.63) is 100 Å². The predicted octanol–water partition coefficient (Wildman–Crippen LogP) is 5.51. The Hall–Kier alpha value is -3.58. The Balaban J connectivity index is 1.35. The minimum absolute atomic E-state index is 0.0759. The summed E-state index contributed by atoms with van der Waals surface area (Å²) in [5.41, 5.74) is 8.07. The Morgan fingerprint density at radius 3 is 2.16 bits per heavy atom. The van der Waals surface area contributed by atoms with Crippen LogP contribution in [0.2, 0.25) is 5.02 Å². The second kappa shape index (κ2) is 15.6. The molecule has 0 aliphatic carbocycles. The summed E-state index contributed by atoms with van der Waals surface area (Å²) >= 11 is 6.47. The highest BCUT2D eigenvalue weighted by atomic mass is 35.5. The van der Waals surface area contributed by atoms with Crippen LogP contribution in [0.3, 0.4) is 0 Å². The van der Waals surface area contributed by atoms with Gasteiger partial charge in [0.2, 0.25) is 0 Å². The van der Waals surface area contributed by atoms with Gasteiger partial charge in [-0.25, -0.2) is 8.78 Å². The Labute approximate surface area is 261 Å². The number of ether oxygens (including phenoxy) is 3. The molecule has 0 unspecified atom stereocenters. The number of Topliss-reactive ketones (excluding diaryl/α,β-unsaturated/α-hetero) is 1. The fraction of sp³-hybridized carbons (Fsp3) is 0.375. The number of nitrogens with one attached hydrogen (secondary N) is 1. The first-order valence-electron chi connectivity index (χ1n) is 14.2. The number of ketones is 1. The molecule has 1 aliphatic heterocycles. The molecular weight excluding hydrogens is 623 g/mol. The van der Waals surface area contributed by atoms with Gasteiger partial charge in [-0.1, -0.05) is 41.9 Å². The molecule has 1 heterocycles. The molecule has 0 spiro atoms. The van der Waals surface area contributed by atoms with Gasteiger partial charge in [-0.2, -0.15) is 13.2 Å². The van der Waals surface area contributed by atoms with Gasteiger partial charge in [-0.15, -0.1) is 0 Å². The van der Waals surface area contributed by atoms with E-state index in [4.69, 9.17) is 31.5 Å². The number of carbonyl (C=O) groups excluding carboxylic acids is 2. The van der Waals surface area contributed by atoms with Gasteiger partial charge in [0, 0.05) is 29.5 Å². The van der Waals surface area contributed by atoms with Gasteiger partial charge in [0.05, 0.1) is 31.5 Å². The number of carbonyl (C=O) groups is 2. The molecule has 7 nitrogen and oxygen atoms in total. The van der Waals surface area contributed by atoms with Crippen molar-refractivity contribution in [1.29, 1.82) is 0 Å². The van der Waals surface area contributed by atoms with E-state index in [1.54, 1.807) is 18.2 Å². The lowest BCUT2D eigenvalue weighted by molar-refractivity contribution is -0.158. The molecule has 1 saturated heterocycles. The van der Waals surface area contributed by atoms with E-state index in [0.29, 0.717) is 29.0 Å². The summed E-state index contributed by atoms with van der Waals surface area (Å²) < 4.78 is 80.8. The number of hydrogen-bond acceptors (Lipinski definition) is 7. The van der Waals surface area contributed by atoms with E-state index in [-0.39, 0.29) is 37.0 Å². The van der Waals surface area contributed by atoms with Gasteiger partial charge >= 0.3 is 12.1 Å². The average molecular weight is 655 g/mol. The minimum atomic E-state index is -4.43. The lowest BCUT2D eigenvalue weighted by atomic mass is 9.82. The van der Waals surface area contributed by atoms with Crippen LogP contribution in [0.25, 0.3) is 0 Å². The summed E-state index contributed by atoms with van der Waals surface area (Å²) in [6, 6.07) is 14.6. The monoisotopic (exact) mass is 654 g/mol. The first-order valence-corrected chi connectivity index (χ1v) is 14.5. The minimum Gasteiger partial charge on any atom is -0.490 e. The van der Waals surface area contributed by atoms with E-state index in [1.165, 1.54) is 48.5 Å². The standard InChI is InChI=1S/C32H32ClF5N2O5/c33-26-2-1-3-28(44-18-24-15-40-23(16-43-24)17-45-29(42)12-13-32(36,37)38)25(26)14-27(41)31(39)30(19-4-8-21(34)9-5-19)20-6-10-22(35)11-7-20/h1-11,23-24,30-31,40H,12-18,39H2/t23-,24-,31+/m0/s1. The van der Waals surface area contributed by atoms with Crippen LogP contribution >= 0.6 is 11.6 Å². The number of benzene rings is 3. The van der Waals surface area contributed by atoms with E-state index in [9.17, 15) is 31.5 Å². The van der Waals surface area contributed by atoms with Crippen molar-refractivity contribution in [2.24, 2.45) is 5.73 Å². The van der Waals surface area contributed by atoms with E-state index in [0.717, 1.165) is 0 Å². The third-order valence-electron chi connectivity index (χ3n) is 7.27. The van der Waals surface area contributed by atoms with Crippen LogP contribution in [-0.2, 0) is 25.5 Å². The summed E-state index contributed by atoms with van der Waals surface area (Å²) in [6.45, 7) is 0.375. The summed E-state index contributed by atoms with van der Waals surface area (Å²) in [5, 5.41) is 3.39. The zero-order valence-electron chi connectivity index (χ0n) is 24.0. The smallest absolute Gasteiger partial charge is 0.389 e. The Morgan fingerprint density at radius 1 is 0.978 bits per heavy atom. The van der Waals surface area contributed by atoms with Crippen molar-refractivity contribution in [1.82, 2.24) is 5.32 Å². The molecule has 3 aromatic carbocycles. The van der Waals surface area contributed by atoms with Crippen LogP contribution < -0.4 is 15.8 Å². The van der Waals surface area contributed by atoms with Crippen LogP contribution in [0.4, 0.5) is 22.0 Å². The highest BCUT2D eigenvalue weighted by Gasteiger charge is 2.31. The molecule has 3 atom stereocenters. The molecule has 13 heteroatoms.